The SMILES string of the molecule is CNC(=O)N(CCC=O)c1nn(C)c2cc(C3CCN(Cc4cccc(S(=O)(=O)N5CCC(Nc6ncc7ccc(=O)n(C)c7n6)CC5)c4)CC3)ccc12. The second-order valence-corrected chi connectivity index (χ2v) is 16.0. The van der Waals surface area contributed by atoms with Gasteiger partial charge in [-0.1, -0.05) is 18.2 Å². The summed E-state index contributed by atoms with van der Waals surface area (Å²) < 4.78 is 32.3. The maximum absolute atomic E-state index is 13.8. The van der Waals surface area contributed by atoms with Crippen LogP contribution in [-0.4, -0.2) is 100 Å². The fraction of sp³-hybridized carbons (Fsp3) is 0.421. The Kier molecular flexibility index (Phi) is 10.8. The van der Waals surface area contributed by atoms with Crippen molar-refractivity contribution in [2.75, 3.05) is 50.0 Å². The number of anilines is 2. The molecule has 2 fully saturated rings. The van der Waals surface area contributed by atoms with Crippen LogP contribution in [0.4, 0.5) is 16.6 Å². The molecule has 0 aliphatic carbocycles. The molecule has 0 bridgehead atoms. The summed E-state index contributed by atoms with van der Waals surface area (Å²) in [6.45, 7) is 3.43. The van der Waals surface area contributed by atoms with Gasteiger partial charge in [-0.2, -0.15) is 14.4 Å². The first kappa shape index (κ1) is 37.1. The summed E-state index contributed by atoms with van der Waals surface area (Å²) in [4.78, 5) is 48.8. The molecule has 2 saturated heterocycles. The number of nitrogens with zero attached hydrogens (tertiary/aromatic N) is 8. The van der Waals surface area contributed by atoms with Crippen LogP contribution in [0.1, 0.15) is 49.1 Å². The Labute approximate surface area is 314 Å². The molecule has 16 heteroatoms. The standard InChI is InChI=1S/C38H46N10O5S/c1-39-38(51)48(16-5-21-49)36-32-10-8-28(23-33(32)45(3)43-36)27-12-17-46(18-13-27)25-26-6-4-7-31(22-26)54(52,53)47-19-14-30(15-20-47)41-37-40-24-29-9-11-34(50)44(2)35(29)42-37/h4,6-11,21-24,27,30H,5,12-20,25H2,1-3H3,(H,39,51)(H,40,41,42). The van der Waals surface area contributed by atoms with Gasteiger partial charge in [0.2, 0.25) is 16.0 Å². The van der Waals surface area contributed by atoms with E-state index >= 15 is 0 Å². The third-order valence-electron chi connectivity index (χ3n) is 10.7. The van der Waals surface area contributed by atoms with Crippen LogP contribution in [0.5, 0.6) is 0 Å². The highest BCUT2D eigenvalue weighted by Crippen LogP contribution is 2.34. The van der Waals surface area contributed by atoms with Crippen LogP contribution in [0.3, 0.4) is 0 Å². The minimum atomic E-state index is -3.67. The Morgan fingerprint density at radius 3 is 2.52 bits per heavy atom. The molecule has 7 rings (SSSR count). The van der Waals surface area contributed by atoms with Crippen molar-refractivity contribution < 1.29 is 18.0 Å². The number of carbonyl (C=O) groups excluding carboxylic acids is 2. The fourth-order valence-corrected chi connectivity index (χ4v) is 9.14. The molecule has 284 valence electrons. The number of hydrogen-bond acceptors (Lipinski definition) is 10. The molecule has 3 aromatic heterocycles. The van der Waals surface area contributed by atoms with Crippen molar-refractivity contribution in [3.8, 4) is 0 Å². The van der Waals surface area contributed by atoms with Crippen molar-refractivity contribution in [1.29, 1.82) is 0 Å². The van der Waals surface area contributed by atoms with Crippen molar-refractivity contribution in [3.63, 3.8) is 0 Å². The van der Waals surface area contributed by atoms with Gasteiger partial charge in [-0.15, -0.1) is 0 Å². The number of hydrogen-bond donors (Lipinski definition) is 2. The summed E-state index contributed by atoms with van der Waals surface area (Å²) in [7, 11) is 1.43. The second kappa shape index (κ2) is 15.7. The number of benzene rings is 2. The molecule has 0 radical (unpaired) electrons. The van der Waals surface area contributed by atoms with Crippen LogP contribution in [0.2, 0.25) is 0 Å². The second-order valence-electron chi connectivity index (χ2n) is 14.1. The average Bonchev–Trinajstić information content (AvgIpc) is 3.52. The average molecular weight is 755 g/mol. The van der Waals surface area contributed by atoms with Gasteiger partial charge in [0.05, 0.1) is 10.4 Å². The summed E-state index contributed by atoms with van der Waals surface area (Å²) >= 11 is 0. The molecule has 0 atom stereocenters. The molecule has 2 N–H and O–H groups in total. The van der Waals surface area contributed by atoms with Gasteiger partial charge in [0.25, 0.3) is 5.56 Å². The maximum Gasteiger partial charge on any atom is 0.322 e. The molecule has 0 saturated carbocycles. The summed E-state index contributed by atoms with van der Waals surface area (Å²) in [6, 6.07) is 16.5. The third kappa shape index (κ3) is 7.58. The van der Waals surface area contributed by atoms with Crippen LogP contribution >= 0.6 is 0 Å². The lowest BCUT2D eigenvalue weighted by atomic mass is 9.89. The molecular weight excluding hydrogens is 709 g/mol. The van der Waals surface area contributed by atoms with Crippen molar-refractivity contribution in [3.05, 3.63) is 82.3 Å². The van der Waals surface area contributed by atoms with Crippen molar-refractivity contribution >= 4 is 56.0 Å². The molecule has 0 spiro atoms. The molecule has 15 nitrogen and oxygen atoms in total. The smallest absolute Gasteiger partial charge is 0.322 e. The van der Waals surface area contributed by atoms with Crippen LogP contribution in [0.15, 0.2) is 70.5 Å². The highest BCUT2D eigenvalue weighted by atomic mass is 32.2. The highest BCUT2D eigenvalue weighted by Gasteiger charge is 2.30. The van der Waals surface area contributed by atoms with E-state index in [1.807, 2.05) is 31.3 Å². The lowest BCUT2D eigenvalue weighted by Gasteiger charge is -2.33. The van der Waals surface area contributed by atoms with Gasteiger partial charge in [0, 0.05) is 82.8 Å². The van der Waals surface area contributed by atoms with Crippen LogP contribution in [0, 0.1) is 0 Å². The Hall–Kier alpha value is -5.19. The summed E-state index contributed by atoms with van der Waals surface area (Å²) in [5.41, 5.74) is 3.51. The van der Waals surface area contributed by atoms with Crippen LogP contribution < -0.4 is 21.1 Å². The normalized spacial score (nSPS) is 16.5. The van der Waals surface area contributed by atoms with E-state index in [4.69, 9.17) is 0 Å². The van der Waals surface area contributed by atoms with E-state index in [9.17, 15) is 22.8 Å². The minimum absolute atomic E-state index is 0.00558. The zero-order chi connectivity index (χ0) is 38.0. The van der Waals surface area contributed by atoms with Gasteiger partial charge in [-0.25, -0.2) is 18.2 Å². The number of rotatable bonds is 11. The molecule has 2 aliphatic rings. The van der Waals surface area contributed by atoms with E-state index in [0.29, 0.717) is 60.7 Å². The predicted octanol–water partition coefficient (Wildman–Crippen LogP) is 3.59. The number of aldehydes is 1. The quantitative estimate of drug-likeness (QED) is 0.190. The molecule has 2 amide bonds. The first-order chi connectivity index (χ1) is 26.0. The maximum atomic E-state index is 13.8. The fourth-order valence-electron chi connectivity index (χ4n) is 7.60. The number of amides is 2. The van der Waals surface area contributed by atoms with E-state index < -0.39 is 10.0 Å². The predicted molar refractivity (Wildman–Crippen MR) is 207 cm³/mol. The van der Waals surface area contributed by atoms with Crippen molar-refractivity contribution in [1.82, 2.24) is 38.8 Å². The minimum Gasteiger partial charge on any atom is -0.351 e. The molecule has 5 heterocycles. The van der Waals surface area contributed by atoms with Gasteiger partial charge >= 0.3 is 6.03 Å². The third-order valence-corrected chi connectivity index (χ3v) is 12.6. The monoisotopic (exact) mass is 754 g/mol. The molecular formula is C38H46N10O5S. The molecule has 5 aromatic rings. The topological polar surface area (TPSA) is 168 Å². The molecule has 54 heavy (non-hydrogen) atoms. The first-order valence-corrected chi connectivity index (χ1v) is 19.8. The lowest BCUT2D eigenvalue weighted by molar-refractivity contribution is -0.107. The number of aryl methyl sites for hydroxylation is 2. The van der Waals surface area contributed by atoms with Crippen LogP contribution in [0.25, 0.3) is 21.9 Å². The van der Waals surface area contributed by atoms with Crippen molar-refractivity contribution in [2.45, 2.75) is 55.5 Å². The van der Waals surface area contributed by atoms with Gasteiger partial charge in [-0.3, -0.25) is 23.8 Å². The Bertz CT molecular complexity index is 2340. The van der Waals surface area contributed by atoms with E-state index in [0.717, 1.165) is 54.1 Å². The molecule has 2 aromatic carbocycles. The Morgan fingerprint density at radius 1 is 1.00 bits per heavy atom. The van der Waals surface area contributed by atoms with Gasteiger partial charge in [0.1, 0.15) is 11.9 Å². The number of aromatic nitrogens is 5. The number of nitrogens with one attached hydrogen (secondary N) is 2. The van der Waals surface area contributed by atoms with E-state index in [1.165, 1.54) is 21.1 Å². The lowest BCUT2D eigenvalue weighted by Crippen LogP contribution is -2.42. The number of urea groups is 1. The first-order valence-electron chi connectivity index (χ1n) is 18.4. The molecule has 2 aliphatic heterocycles. The Morgan fingerprint density at radius 2 is 1.78 bits per heavy atom. The Balaban J connectivity index is 0.945. The molecule has 0 unspecified atom stereocenters. The number of carbonyl (C=O) groups is 2. The van der Waals surface area contributed by atoms with Gasteiger partial charge in [0.15, 0.2) is 5.82 Å². The summed E-state index contributed by atoms with van der Waals surface area (Å²) in [5, 5.41) is 12.2. The zero-order valence-electron chi connectivity index (χ0n) is 30.8. The van der Waals surface area contributed by atoms with Gasteiger partial charge < -0.3 is 15.4 Å². The number of pyridine rings is 1. The summed E-state index contributed by atoms with van der Waals surface area (Å²) in [5.74, 6) is 1.31. The number of likely N-dealkylation sites (tertiary alicyclic amines) is 1. The number of piperidine rings is 2. The largest absolute Gasteiger partial charge is 0.351 e. The van der Waals surface area contributed by atoms with Gasteiger partial charge in [-0.05, 0) is 86.1 Å². The van der Waals surface area contributed by atoms with E-state index in [1.54, 1.807) is 41.4 Å². The zero-order valence-corrected chi connectivity index (χ0v) is 31.6. The number of fused-ring (bicyclic) bond motifs is 2. The van der Waals surface area contributed by atoms with Crippen molar-refractivity contribution in [2.24, 2.45) is 14.1 Å². The van der Waals surface area contributed by atoms with E-state index in [2.05, 4.69) is 42.7 Å². The highest BCUT2D eigenvalue weighted by molar-refractivity contribution is 7.89. The van der Waals surface area contributed by atoms with E-state index in [-0.39, 0.29) is 30.6 Å². The number of sulfonamides is 1. The summed E-state index contributed by atoms with van der Waals surface area (Å²) in [6.07, 6.45) is 5.83. The van der Waals surface area contributed by atoms with Crippen LogP contribution in [-0.2, 0) is 35.5 Å².